The first-order valence-corrected chi connectivity index (χ1v) is 12.8. The van der Waals surface area contributed by atoms with Crippen LogP contribution in [0.2, 0.25) is 5.02 Å². The first-order valence-electron chi connectivity index (χ1n) is 11.0. The third-order valence-corrected chi connectivity index (χ3v) is 8.17. The number of amides is 1. The maximum atomic E-state index is 14.4. The number of carbonyl (C=O) groups excluding carboxylic acids is 1. The second-order valence-corrected chi connectivity index (χ2v) is 10.7. The van der Waals surface area contributed by atoms with E-state index in [1.165, 1.54) is 30.3 Å². The zero-order chi connectivity index (χ0) is 27.0. The topological polar surface area (TPSA) is 105 Å². The van der Waals surface area contributed by atoms with Gasteiger partial charge in [0.05, 0.1) is 16.8 Å². The minimum absolute atomic E-state index is 0.00333. The Balaban J connectivity index is 1.50. The average Bonchev–Trinajstić information content (AvgIpc) is 3.25. The molecule has 37 heavy (non-hydrogen) atoms. The van der Waals surface area contributed by atoms with Gasteiger partial charge in [0, 0.05) is 41.1 Å². The lowest BCUT2D eigenvalue weighted by molar-refractivity contribution is -0.145. The molecule has 1 amide bonds. The molecule has 0 bridgehead atoms. The van der Waals surface area contributed by atoms with Crippen molar-refractivity contribution in [2.24, 2.45) is 0 Å². The lowest BCUT2D eigenvalue weighted by Crippen LogP contribution is -2.48. The van der Waals surface area contributed by atoms with Gasteiger partial charge in [-0.15, -0.1) is 0 Å². The average molecular weight is 558 g/mol. The van der Waals surface area contributed by atoms with Crippen LogP contribution in [-0.2, 0) is 27.5 Å². The number of halogens is 5. The predicted octanol–water partition coefficient (Wildman–Crippen LogP) is 4.21. The summed E-state index contributed by atoms with van der Waals surface area (Å²) in [4.78, 5) is 23.4. The van der Waals surface area contributed by atoms with E-state index in [9.17, 15) is 30.8 Å². The number of rotatable bonds is 6. The van der Waals surface area contributed by atoms with E-state index in [0.717, 1.165) is 22.9 Å². The molecule has 8 nitrogen and oxygen atoms in total. The van der Waals surface area contributed by atoms with E-state index in [2.05, 4.69) is 20.3 Å². The van der Waals surface area contributed by atoms with Gasteiger partial charge in [0.2, 0.25) is 21.8 Å². The van der Waals surface area contributed by atoms with Crippen LogP contribution < -0.4 is 5.32 Å². The standard InChI is InChI=1S/C23H20ClF4N5O3S/c1-13-2-7-20(33(13)37(35,36)17-5-3-16(24)4-6-17)21(34)30-9-14-8-19(29-12-18(14)25)15-10-31-22(32-11-15)23(26,27)28/h3-6,8,10-13,20H,2,7,9H2,1H3,(H,30,34)/t13-,20?/m0/s1. The van der Waals surface area contributed by atoms with Crippen LogP contribution in [0.5, 0.6) is 0 Å². The van der Waals surface area contributed by atoms with Gasteiger partial charge in [0.15, 0.2) is 0 Å². The number of alkyl halides is 3. The van der Waals surface area contributed by atoms with Crippen molar-refractivity contribution in [3.8, 4) is 11.3 Å². The zero-order valence-corrected chi connectivity index (χ0v) is 20.8. The fourth-order valence-corrected chi connectivity index (χ4v) is 5.99. The summed E-state index contributed by atoms with van der Waals surface area (Å²) < 4.78 is 80.1. The molecule has 14 heteroatoms. The van der Waals surface area contributed by atoms with Crippen LogP contribution in [0.25, 0.3) is 11.3 Å². The van der Waals surface area contributed by atoms with Crippen molar-refractivity contribution >= 4 is 27.5 Å². The highest BCUT2D eigenvalue weighted by Gasteiger charge is 2.43. The van der Waals surface area contributed by atoms with E-state index in [1.807, 2.05) is 0 Å². The van der Waals surface area contributed by atoms with Crippen LogP contribution in [0.4, 0.5) is 17.6 Å². The van der Waals surface area contributed by atoms with Gasteiger partial charge < -0.3 is 5.32 Å². The highest BCUT2D eigenvalue weighted by atomic mass is 35.5. The lowest BCUT2D eigenvalue weighted by Gasteiger charge is -2.27. The maximum absolute atomic E-state index is 14.4. The summed E-state index contributed by atoms with van der Waals surface area (Å²) in [6, 6.07) is 5.39. The van der Waals surface area contributed by atoms with Crippen LogP contribution in [0.15, 0.2) is 53.8 Å². The number of hydrogen-bond acceptors (Lipinski definition) is 6. The number of aromatic nitrogens is 3. The molecular weight excluding hydrogens is 538 g/mol. The highest BCUT2D eigenvalue weighted by molar-refractivity contribution is 7.89. The molecule has 0 saturated carbocycles. The first kappa shape index (κ1) is 26.9. The first-order chi connectivity index (χ1) is 17.4. The SMILES string of the molecule is C[C@H]1CCC(C(=O)NCc2cc(-c3cnc(C(F)(F)F)nc3)ncc2F)N1S(=O)(=O)c1ccc(Cl)cc1. The third-order valence-electron chi connectivity index (χ3n) is 5.88. The Hall–Kier alpha value is -3.16. The van der Waals surface area contributed by atoms with Crippen molar-refractivity contribution < 1.29 is 30.8 Å². The molecule has 4 rings (SSSR count). The Bertz CT molecular complexity index is 1400. The molecule has 196 valence electrons. The predicted molar refractivity (Wildman–Crippen MR) is 125 cm³/mol. The van der Waals surface area contributed by atoms with Gasteiger partial charge in [-0.05, 0) is 50.1 Å². The van der Waals surface area contributed by atoms with Crippen LogP contribution in [0.1, 0.15) is 31.2 Å². The zero-order valence-electron chi connectivity index (χ0n) is 19.2. The van der Waals surface area contributed by atoms with Gasteiger partial charge in [0.25, 0.3) is 0 Å². The molecule has 1 N–H and O–H groups in total. The minimum Gasteiger partial charge on any atom is -0.351 e. The molecule has 3 heterocycles. The van der Waals surface area contributed by atoms with E-state index in [1.54, 1.807) is 6.92 Å². The summed E-state index contributed by atoms with van der Waals surface area (Å²) in [6.07, 6.45) is -1.30. The van der Waals surface area contributed by atoms with Crippen molar-refractivity contribution in [2.75, 3.05) is 0 Å². The van der Waals surface area contributed by atoms with Gasteiger partial charge in [-0.2, -0.15) is 17.5 Å². The quantitative estimate of drug-likeness (QED) is 0.455. The van der Waals surface area contributed by atoms with Crippen LogP contribution in [0, 0.1) is 5.82 Å². The van der Waals surface area contributed by atoms with E-state index in [-0.39, 0.29) is 34.7 Å². The maximum Gasteiger partial charge on any atom is 0.451 e. The second kappa shape index (κ2) is 10.3. The molecule has 2 aromatic heterocycles. The van der Waals surface area contributed by atoms with Crippen LogP contribution >= 0.6 is 11.6 Å². The van der Waals surface area contributed by atoms with E-state index in [0.29, 0.717) is 11.4 Å². The van der Waals surface area contributed by atoms with Gasteiger partial charge in [-0.3, -0.25) is 9.78 Å². The van der Waals surface area contributed by atoms with Crippen LogP contribution in [-0.4, -0.2) is 45.7 Å². The van der Waals surface area contributed by atoms with E-state index >= 15 is 0 Å². The normalized spacial score (nSPS) is 18.6. The molecule has 1 aliphatic rings. The molecule has 0 spiro atoms. The molecular formula is C23H20ClF4N5O3S. The summed E-state index contributed by atoms with van der Waals surface area (Å²) in [5.41, 5.74) is 0.211. The van der Waals surface area contributed by atoms with Gasteiger partial charge in [-0.1, -0.05) is 11.6 Å². The molecule has 1 aromatic carbocycles. The Labute approximate surface area is 214 Å². The van der Waals surface area contributed by atoms with Crippen LogP contribution in [0.3, 0.4) is 0 Å². The number of carbonyl (C=O) groups is 1. The smallest absolute Gasteiger partial charge is 0.351 e. The number of hydrogen-bond donors (Lipinski definition) is 1. The lowest BCUT2D eigenvalue weighted by atomic mass is 10.1. The number of nitrogens with one attached hydrogen (secondary N) is 1. The van der Waals surface area contributed by atoms with Crippen molar-refractivity contribution in [2.45, 2.75) is 49.5 Å². The Morgan fingerprint density at radius 2 is 1.76 bits per heavy atom. The third kappa shape index (κ3) is 5.73. The molecule has 1 saturated heterocycles. The molecule has 2 atom stereocenters. The monoisotopic (exact) mass is 557 g/mol. The summed E-state index contributed by atoms with van der Waals surface area (Å²) in [5.74, 6) is -2.70. The molecule has 3 aromatic rings. The molecule has 1 aliphatic heterocycles. The van der Waals surface area contributed by atoms with E-state index < -0.39 is 45.8 Å². The number of benzene rings is 1. The highest BCUT2D eigenvalue weighted by Crippen LogP contribution is 2.32. The van der Waals surface area contributed by atoms with Crippen molar-refractivity contribution in [1.82, 2.24) is 24.6 Å². The molecule has 1 fully saturated rings. The Morgan fingerprint density at radius 3 is 2.38 bits per heavy atom. The Morgan fingerprint density at radius 1 is 1.11 bits per heavy atom. The van der Waals surface area contributed by atoms with E-state index in [4.69, 9.17) is 11.6 Å². The number of nitrogens with zero attached hydrogens (tertiary/aromatic N) is 4. The summed E-state index contributed by atoms with van der Waals surface area (Å²) in [6.45, 7) is 1.39. The van der Waals surface area contributed by atoms with Crippen molar-refractivity contribution in [3.05, 3.63) is 71.2 Å². The largest absolute Gasteiger partial charge is 0.451 e. The van der Waals surface area contributed by atoms with Gasteiger partial charge in [0.1, 0.15) is 11.9 Å². The summed E-state index contributed by atoms with van der Waals surface area (Å²) in [5, 5.41) is 2.92. The molecule has 1 unspecified atom stereocenters. The Kier molecular flexibility index (Phi) is 7.49. The van der Waals surface area contributed by atoms with Crippen molar-refractivity contribution in [1.29, 1.82) is 0 Å². The number of pyridine rings is 1. The van der Waals surface area contributed by atoms with Gasteiger partial charge >= 0.3 is 6.18 Å². The fraction of sp³-hybridized carbons (Fsp3) is 0.304. The second-order valence-electron chi connectivity index (χ2n) is 8.40. The minimum atomic E-state index is -4.71. The summed E-state index contributed by atoms with van der Waals surface area (Å²) in [7, 11) is -4.01. The molecule has 0 aliphatic carbocycles. The van der Waals surface area contributed by atoms with Crippen molar-refractivity contribution in [3.63, 3.8) is 0 Å². The number of sulfonamides is 1. The fourth-order valence-electron chi connectivity index (χ4n) is 4.02. The molecule has 0 radical (unpaired) electrons. The summed E-state index contributed by atoms with van der Waals surface area (Å²) >= 11 is 5.86. The van der Waals surface area contributed by atoms with Gasteiger partial charge in [-0.25, -0.2) is 22.8 Å².